The number of aromatic nitrogens is 1. The van der Waals surface area contributed by atoms with Gasteiger partial charge in [-0.05, 0) is 52.3 Å². The maximum Gasteiger partial charge on any atom is 0.416 e. The Morgan fingerprint density at radius 1 is 1.05 bits per heavy atom. The Balaban J connectivity index is 2.25. The van der Waals surface area contributed by atoms with E-state index in [0.29, 0.717) is 16.6 Å². The van der Waals surface area contributed by atoms with Crippen molar-refractivity contribution in [3.8, 4) is 0 Å². The summed E-state index contributed by atoms with van der Waals surface area (Å²) in [5.74, 6) is 0.0677. The second-order valence-corrected chi connectivity index (χ2v) is 6.59. The number of hydrogen-bond donors (Lipinski definition) is 1. The molecule has 2 rings (SSSR count). The summed E-state index contributed by atoms with van der Waals surface area (Å²) < 4.78 is 64.1. The van der Waals surface area contributed by atoms with Gasteiger partial charge in [-0.25, -0.2) is 13.4 Å². The number of benzene rings is 1. The molecule has 0 spiro atoms. The fraction of sp³-hybridized carbons (Fsp3) is 0.0833. The van der Waals surface area contributed by atoms with Crippen molar-refractivity contribution in [1.29, 1.82) is 0 Å². The lowest BCUT2D eigenvalue weighted by molar-refractivity contribution is -0.137. The highest BCUT2D eigenvalue weighted by molar-refractivity contribution is 9.10. The Kier molecular flexibility index (Phi) is 4.24. The molecule has 1 N–H and O–H groups in total. The molecule has 0 bridgehead atoms. The summed E-state index contributed by atoms with van der Waals surface area (Å²) in [5, 5.41) is 0. The fourth-order valence-corrected chi connectivity index (χ4v) is 2.70. The lowest BCUT2D eigenvalue weighted by Gasteiger charge is -2.09. The fourth-order valence-electron chi connectivity index (χ4n) is 1.46. The Morgan fingerprint density at radius 3 is 2.14 bits per heavy atom. The van der Waals surface area contributed by atoms with E-state index in [4.69, 9.17) is 0 Å². The zero-order chi connectivity index (χ0) is 15.7. The van der Waals surface area contributed by atoms with Crippen LogP contribution in [0, 0.1) is 0 Å². The SMILES string of the molecule is O=S(=O)(Nc1ccc(Br)cn1)c1ccc(C(F)(F)F)cc1. The molecule has 0 atom stereocenters. The molecule has 9 heteroatoms. The Bertz CT molecular complexity index is 729. The predicted octanol–water partition coefficient (Wildman–Crippen LogP) is 3.66. The molecule has 0 fully saturated rings. The standard InChI is InChI=1S/C12H8BrF3N2O2S/c13-9-3-6-11(17-7-9)18-21(19,20)10-4-1-8(2-5-10)12(14,15)16/h1-7H,(H,17,18). The van der Waals surface area contributed by atoms with Crippen molar-refractivity contribution in [2.45, 2.75) is 11.1 Å². The largest absolute Gasteiger partial charge is 0.416 e. The van der Waals surface area contributed by atoms with E-state index in [9.17, 15) is 21.6 Å². The van der Waals surface area contributed by atoms with Gasteiger partial charge in [-0.3, -0.25) is 4.72 Å². The van der Waals surface area contributed by atoms with Crippen LogP contribution in [-0.4, -0.2) is 13.4 Å². The maximum atomic E-state index is 12.4. The maximum absolute atomic E-state index is 12.4. The Morgan fingerprint density at radius 2 is 1.67 bits per heavy atom. The van der Waals surface area contributed by atoms with E-state index in [0.717, 1.165) is 12.1 Å². The van der Waals surface area contributed by atoms with E-state index in [1.54, 1.807) is 6.07 Å². The van der Waals surface area contributed by atoms with Crippen LogP contribution in [0.5, 0.6) is 0 Å². The van der Waals surface area contributed by atoms with Gasteiger partial charge in [0, 0.05) is 10.7 Å². The van der Waals surface area contributed by atoms with Crippen LogP contribution in [0.3, 0.4) is 0 Å². The van der Waals surface area contributed by atoms with E-state index in [2.05, 4.69) is 25.6 Å². The quantitative estimate of drug-likeness (QED) is 0.883. The first-order valence-corrected chi connectivity index (χ1v) is 7.78. The number of sulfonamides is 1. The van der Waals surface area contributed by atoms with E-state index in [1.165, 1.54) is 12.3 Å². The smallest absolute Gasteiger partial charge is 0.263 e. The summed E-state index contributed by atoms with van der Waals surface area (Å²) in [6.45, 7) is 0. The Hall–Kier alpha value is -1.61. The van der Waals surface area contributed by atoms with E-state index >= 15 is 0 Å². The molecule has 1 aromatic heterocycles. The van der Waals surface area contributed by atoms with Gasteiger partial charge in [-0.1, -0.05) is 0 Å². The molecule has 1 aromatic carbocycles. The Labute approximate surface area is 127 Å². The van der Waals surface area contributed by atoms with Gasteiger partial charge in [-0.15, -0.1) is 0 Å². The van der Waals surface area contributed by atoms with Gasteiger partial charge >= 0.3 is 6.18 Å². The van der Waals surface area contributed by atoms with Crippen LogP contribution in [0.4, 0.5) is 19.0 Å². The van der Waals surface area contributed by atoms with Crippen molar-refractivity contribution in [2.75, 3.05) is 4.72 Å². The molecular weight excluding hydrogens is 373 g/mol. The molecule has 21 heavy (non-hydrogen) atoms. The van der Waals surface area contributed by atoms with E-state index in [1.807, 2.05) is 0 Å². The summed E-state index contributed by atoms with van der Waals surface area (Å²) >= 11 is 3.15. The average molecular weight is 381 g/mol. The van der Waals surface area contributed by atoms with Crippen LogP contribution < -0.4 is 4.72 Å². The van der Waals surface area contributed by atoms with Gasteiger partial charge in [0.1, 0.15) is 5.82 Å². The summed E-state index contributed by atoms with van der Waals surface area (Å²) in [5.41, 5.74) is -0.914. The van der Waals surface area contributed by atoms with Crippen LogP contribution in [0.2, 0.25) is 0 Å². The first kappa shape index (κ1) is 15.8. The lowest BCUT2D eigenvalue weighted by atomic mass is 10.2. The lowest BCUT2D eigenvalue weighted by Crippen LogP contribution is -2.14. The third kappa shape index (κ3) is 3.94. The molecule has 0 aliphatic carbocycles. The molecule has 2 aromatic rings. The van der Waals surface area contributed by atoms with Crippen molar-refractivity contribution < 1.29 is 21.6 Å². The normalized spacial score (nSPS) is 12.2. The predicted molar refractivity (Wildman–Crippen MR) is 74.2 cm³/mol. The summed E-state index contributed by atoms with van der Waals surface area (Å²) in [6.07, 6.45) is -3.12. The molecule has 4 nitrogen and oxygen atoms in total. The van der Waals surface area contributed by atoms with Gasteiger partial charge in [0.15, 0.2) is 0 Å². The van der Waals surface area contributed by atoms with Gasteiger partial charge < -0.3 is 0 Å². The third-order valence-electron chi connectivity index (χ3n) is 2.46. The van der Waals surface area contributed by atoms with E-state index < -0.39 is 21.8 Å². The van der Waals surface area contributed by atoms with Crippen molar-refractivity contribution in [1.82, 2.24) is 4.98 Å². The van der Waals surface area contributed by atoms with Crippen LogP contribution >= 0.6 is 15.9 Å². The van der Waals surface area contributed by atoms with E-state index in [-0.39, 0.29) is 10.7 Å². The highest BCUT2D eigenvalue weighted by Gasteiger charge is 2.30. The molecule has 0 aliphatic rings. The minimum absolute atomic E-state index is 0.0677. The highest BCUT2D eigenvalue weighted by Crippen LogP contribution is 2.29. The second kappa shape index (κ2) is 5.64. The van der Waals surface area contributed by atoms with Crippen molar-refractivity contribution in [3.05, 3.63) is 52.6 Å². The molecule has 0 saturated heterocycles. The summed E-state index contributed by atoms with van der Waals surface area (Å²) in [6, 6.07) is 6.21. The zero-order valence-corrected chi connectivity index (χ0v) is 12.6. The summed E-state index contributed by atoms with van der Waals surface area (Å²) in [4.78, 5) is 3.55. The molecule has 0 radical (unpaired) electrons. The van der Waals surface area contributed by atoms with Crippen molar-refractivity contribution >= 4 is 31.8 Å². The van der Waals surface area contributed by atoms with Crippen molar-refractivity contribution in [2.24, 2.45) is 0 Å². The van der Waals surface area contributed by atoms with Gasteiger partial charge in [0.25, 0.3) is 10.0 Å². The molecule has 0 unspecified atom stereocenters. The number of alkyl halides is 3. The first-order chi connectivity index (χ1) is 9.68. The summed E-state index contributed by atoms with van der Waals surface area (Å²) in [7, 11) is -3.98. The number of nitrogens with one attached hydrogen (secondary N) is 1. The molecule has 1 heterocycles. The minimum Gasteiger partial charge on any atom is -0.263 e. The highest BCUT2D eigenvalue weighted by atomic mass is 79.9. The molecule has 0 aliphatic heterocycles. The van der Waals surface area contributed by atoms with Crippen LogP contribution in [0.1, 0.15) is 5.56 Å². The van der Waals surface area contributed by atoms with Crippen LogP contribution in [0.25, 0.3) is 0 Å². The first-order valence-electron chi connectivity index (χ1n) is 5.50. The second-order valence-electron chi connectivity index (χ2n) is 3.99. The number of anilines is 1. The average Bonchev–Trinajstić information content (AvgIpc) is 2.40. The molecule has 0 saturated carbocycles. The topological polar surface area (TPSA) is 59.1 Å². The van der Waals surface area contributed by atoms with Gasteiger partial charge in [0.2, 0.25) is 0 Å². The van der Waals surface area contributed by atoms with Crippen molar-refractivity contribution in [3.63, 3.8) is 0 Å². The molecule has 112 valence electrons. The van der Waals surface area contributed by atoms with Gasteiger partial charge in [0.05, 0.1) is 10.5 Å². The molecule has 0 amide bonds. The van der Waals surface area contributed by atoms with Crippen LogP contribution in [-0.2, 0) is 16.2 Å². The third-order valence-corrected chi connectivity index (χ3v) is 4.30. The number of hydrogen-bond acceptors (Lipinski definition) is 3. The number of rotatable bonds is 3. The zero-order valence-electron chi connectivity index (χ0n) is 10.2. The monoisotopic (exact) mass is 380 g/mol. The number of pyridine rings is 1. The molecular formula is C12H8BrF3N2O2S. The van der Waals surface area contributed by atoms with Gasteiger partial charge in [-0.2, -0.15) is 13.2 Å². The minimum atomic E-state index is -4.51. The number of nitrogens with zero attached hydrogens (tertiary/aromatic N) is 1. The number of halogens is 4. The van der Waals surface area contributed by atoms with Crippen LogP contribution in [0.15, 0.2) is 52.0 Å².